The fraction of sp³-hybridized carbons (Fsp3) is 0.609. The van der Waals surface area contributed by atoms with Gasteiger partial charge in [-0.1, -0.05) is 12.5 Å². The molecular weight excluding hydrogens is 446 g/mol. The first-order valence-corrected chi connectivity index (χ1v) is 11.4. The van der Waals surface area contributed by atoms with Crippen LogP contribution in [0.5, 0.6) is 0 Å². The predicted octanol–water partition coefficient (Wildman–Crippen LogP) is 1.29. The Morgan fingerprint density at radius 1 is 1.24 bits per heavy atom. The third-order valence-corrected chi connectivity index (χ3v) is 6.48. The molecule has 2 saturated heterocycles. The number of nitrogens with zero attached hydrogens (tertiary/aromatic N) is 1. The normalized spacial score (nSPS) is 30.8. The summed E-state index contributed by atoms with van der Waals surface area (Å²) in [5, 5.41) is 41.5. The van der Waals surface area contributed by atoms with Crippen LogP contribution in [0.2, 0.25) is 0 Å². The number of nitro groups is 1. The molecule has 1 aromatic carbocycles. The summed E-state index contributed by atoms with van der Waals surface area (Å²) in [6, 6.07) is 5.58. The fourth-order valence-corrected chi connectivity index (χ4v) is 4.15. The zero-order chi connectivity index (χ0) is 25.0. The molecule has 8 atom stereocenters. The lowest BCUT2D eigenvalue weighted by Crippen LogP contribution is -2.50. The number of hydrogen-bond acceptors (Lipinski definition) is 9. The van der Waals surface area contributed by atoms with Crippen molar-refractivity contribution >= 4 is 17.3 Å². The highest BCUT2D eigenvalue weighted by atomic mass is 16.6. The van der Waals surface area contributed by atoms with E-state index < -0.39 is 35.2 Å². The largest absolute Gasteiger partial charge is 0.393 e. The zero-order valence-corrected chi connectivity index (χ0v) is 19.5. The van der Waals surface area contributed by atoms with E-state index in [-0.39, 0.29) is 42.8 Å². The van der Waals surface area contributed by atoms with E-state index in [4.69, 9.17) is 9.47 Å². The van der Waals surface area contributed by atoms with Crippen LogP contribution < -0.4 is 10.9 Å². The summed E-state index contributed by atoms with van der Waals surface area (Å²) in [6.07, 6.45) is -1.16. The van der Waals surface area contributed by atoms with Gasteiger partial charge in [0.2, 0.25) is 0 Å². The van der Waals surface area contributed by atoms with Crippen LogP contribution in [0, 0.1) is 22.0 Å². The van der Waals surface area contributed by atoms with E-state index in [9.17, 15) is 30.2 Å². The Bertz CT molecular complexity index is 891. The summed E-state index contributed by atoms with van der Waals surface area (Å²) in [6.45, 7) is 5.62. The van der Waals surface area contributed by atoms with Crippen LogP contribution in [0.4, 0.5) is 11.4 Å². The average molecular weight is 480 g/mol. The van der Waals surface area contributed by atoms with Gasteiger partial charge in [0.25, 0.3) is 11.6 Å². The molecule has 0 aliphatic carbocycles. The van der Waals surface area contributed by atoms with Crippen LogP contribution in [-0.2, 0) is 14.3 Å². The number of carbonyl (C=O) groups is 1. The molecule has 0 saturated carbocycles. The van der Waals surface area contributed by atoms with Gasteiger partial charge in [0, 0.05) is 30.0 Å². The van der Waals surface area contributed by atoms with Crippen LogP contribution in [0.15, 0.2) is 35.9 Å². The van der Waals surface area contributed by atoms with Crippen molar-refractivity contribution in [3.8, 4) is 0 Å². The number of nitrogens with one attached hydrogen (secondary N) is 2. The third kappa shape index (κ3) is 6.73. The molecule has 34 heavy (non-hydrogen) atoms. The molecule has 1 amide bonds. The quantitative estimate of drug-likeness (QED) is 0.144. The van der Waals surface area contributed by atoms with Gasteiger partial charge >= 0.3 is 0 Å². The van der Waals surface area contributed by atoms with Crippen LogP contribution >= 0.6 is 0 Å². The molecule has 11 nitrogen and oxygen atoms in total. The summed E-state index contributed by atoms with van der Waals surface area (Å²) in [4.78, 5) is 22.3. The van der Waals surface area contributed by atoms with E-state index in [0.29, 0.717) is 17.7 Å². The Morgan fingerprint density at radius 3 is 2.53 bits per heavy atom. The lowest BCUT2D eigenvalue weighted by molar-refractivity contribution is -0.384. The van der Waals surface area contributed by atoms with Crippen molar-refractivity contribution in [3.05, 3.63) is 46.0 Å². The SMILES string of the molecule is C/C(=C\C(=O)NNc1ccc([N+](=O)[O-])cc1)C[C@@H]1OC[C@H](C[C@@H]2O[C@H]2[C@@H](C)[C@H](C)O)[C@@H](O)[C@H]1O. The monoisotopic (exact) mass is 479 g/mol. The van der Waals surface area contributed by atoms with E-state index in [1.165, 1.54) is 30.3 Å². The van der Waals surface area contributed by atoms with Crippen molar-refractivity contribution in [2.24, 2.45) is 11.8 Å². The van der Waals surface area contributed by atoms with Crippen molar-refractivity contribution in [1.82, 2.24) is 5.43 Å². The molecule has 5 N–H and O–H groups in total. The first kappa shape index (κ1) is 26.0. The highest BCUT2D eigenvalue weighted by Gasteiger charge is 2.48. The van der Waals surface area contributed by atoms with Crippen molar-refractivity contribution in [2.75, 3.05) is 12.0 Å². The van der Waals surface area contributed by atoms with Crippen LogP contribution in [0.1, 0.15) is 33.6 Å². The zero-order valence-electron chi connectivity index (χ0n) is 19.5. The number of benzene rings is 1. The minimum Gasteiger partial charge on any atom is -0.393 e. The van der Waals surface area contributed by atoms with Gasteiger partial charge in [-0.2, -0.15) is 0 Å². The third-order valence-electron chi connectivity index (χ3n) is 6.48. The number of ether oxygens (including phenoxy) is 2. The number of hydrazine groups is 1. The second-order valence-corrected chi connectivity index (χ2v) is 9.20. The second-order valence-electron chi connectivity index (χ2n) is 9.20. The minimum absolute atomic E-state index is 0.00171. The maximum absolute atomic E-state index is 12.2. The van der Waals surface area contributed by atoms with E-state index >= 15 is 0 Å². The molecule has 3 rings (SSSR count). The number of carbonyl (C=O) groups excluding carboxylic acids is 1. The van der Waals surface area contributed by atoms with Crippen molar-refractivity contribution in [3.63, 3.8) is 0 Å². The molecule has 2 heterocycles. The van der Waals surface area contributed by atoms with Crippen molar-refractivity contribution in [2.45, 2.75) is 70.2 Å². The molecule has 0 spiro atoms. The van der Waals surface area contributed by atoms with Gasteiger partial charge in [-0.3, -0.25) is 25.8 Å². The lowest BCUT2D eigenvalue weighted by Gasteiger charge is -2.38. The molecule has 11 heteroatoms. The highest BCUT2D eigenvalue weighted by molar-refractivity contribution is 5.89. The molecule has 0 radical (unpaired) electrons. The van der Waals surface area contributed by atoms with Gasteiger partial charge in [-0.05, 0) is 38.8 Å². The van der Waals surface area contributed by atoms with Gasteiger partial charge < -0.3 is 24.8 Å². The lowest BCUT2D eigenvalue weighted by atomic mass is 9.85. The molecule has 2 aliphatic heterocycles. The molecule has 2 fully saturated rings. The molecule has 0 bridgehead atoms. The standard InChI is InChI=1S/C23H33N3O8/c1-12(9-20(28)25-24-16-4-6-17(7-5-16)26(31)32)8-18-22(30)21(29)15(11-33-18)10-19-23(34-19)13(2)14(3)27/h4-7,9,13-15,18-19,21-24,27,29-30H,8,10-11H2,1-3H3,(H,25,28)/b12-9+/t13-,14-,15-,18-,19-,21+,22-,23-/m0/s1. The number of aliphatic hydroxyl groups excluding tert-OH is 3. The molecule has 0 unspecified atom stereocenters. The molecule has 1 aromatic rings. The summed E-state index contributed by atoms with van der Waals surface area (Å²) in [7, 11) is 0. The van der Waals surface area contributed by atoms with Crippen LogP contribution in [-0.4, -0.2) is 69.4 Å². The van der Waals surface area contributed by atoms with Gasteiger partial charge in [-0.15, -0.1) is 0 Å². The Kier molecular flexibility index (Phi) is 8.61. The number of aliphatic hydroxyl groups is 3. The summed E-state index contributed by atoms with van der Waals surface area (Å²) >= 11 is 0. The Balaban J connectivity index is 1.44. The minimum atomic E-state index is -1.10. The number of epoxide rings is 1. The number of nitro benzene ring substituents is 1. The van der Waals surface area contributed by atoms with E-state index in [1.54, 1.807) is 13.8 Å². The summed E-state index contributed by atoms with van der Waals surface area (Å²) in [5.74, 6) is -0.720. The van der Waals surface area contributed by atoms with Crippen molar-refractivity contribution in [1.29, 1.82) is 0 Å². The van der Waals surface area contributed by atoms with Crippen LogP contribution in [0.3, 0.4) is 0 Å². The number of anilines is 1. The molecule has 2 aliphatic rings. The highest BCUT2D eigenvalue weighted by Crippen LogP contribution is 2.38. The van der Waals surface area contributed by atoms with Gasteiger partial charge in [0.15, 0.2) is 0 Å². The number of hydrogen-bond donors (Lipinski definition) is 5. The van der Waals surface area contributed by atoms with Crippen molar-refractivity contribution < 1.29 is 34.5 Å². The average Bonchev–Trinajstić information content (AvgIpc) is 3.56. The predicted molar refractivity (Wildman–Crippen MR) is 123 cm³/mol. The summed E-state index contributed by atoms with van der Waals surface area (Å²) in [5.41, 5.74) is 6.22. The van der Waals surface area contributed by atoms with Gasteiger partial charge in [-0.25, -0.2) is 0 Å². The Labute approximate surface area is 197 Å². The molecular formula is C23H33N3O8. The maximum Gasteiger partial charge on any atom is 0.269 e. The second kappa shape index (κ2) is 11.2. The van der Waals surface area contributed by atoms with Gasteiger partial charge in [0.1, 0.15) is 6.10 Å². The number of non-ortho nitro benzene ring substituents is 1. The Hall–Kier alpha value is -2.57. The first-order chi connectivity index (χ1) is 16.1. The number of amides is 1. The van der Waals surface area contributed by atoms with Gasteiger partial charge in [0.05, 0.1) is 47.7 Å². The summed E-state index contributed by atoms with van der Waals surface area (Å²) < 4.78 is 11.4. The maximum atomic E-state index is 12.2. The number of rotatable bonds is 10. The topological polar surface area (TPSA) is 167 Å². The Morgan fingerprint density at radius 2 is 1.91 bits per heavy atom. The smallest absolute Gasteiger partial charge is 0.269 e. The molecule has 188 valence electrons. The molecule has 0 aromatic heterocycles. The van der Waals surface area contributed by atoms with E-state index in [2.05, 4.69) is 10.9 Å². The first-order valence-electron chi connectivity index (χ1n) is 11.4. The van der Waals surface area contributed by atoms with E-state index in [0.717, 1.165) is 0 Å². The van der Waals surface area contributed by atoms with E-state index in [1.807, 2.05) is 6.92 Å². The van der Waals surface area contributed by atoms with Crippen LogP contribution in [0.25, 0.3) is 0 Å². The fourth-order valence-electron chi connectivity index (χ4n) is 4.15.